The number of hydrogen-bond donors (Lipinski definition) is 3. The Morgan fingerprint density at radius 2 is 1.56 bits per heavy atom. The van der Waals surface area contributed by atoms with Crippen molar-refractivity contribution in [2.24, 2.45) is 5.73 Å². The summed E-state index contributed by atoms with van der Waals surface area (Å²) in [7, 11) is 0. The van der Waals surface area contributed by atoms with Crippen LogP contribution in [0.15, 0.2) is 48.5 Å². The molecule has 2 aromatic rings. The molecule has 0 aliphatic carbocycles. The maximum atomic E-state index is 12.5. The number of nitrogens with two attached hydrogens (primary N) is 1. The van der Waals surface area contributed by atoms with Crippen LogP contribution in [0.3, 0.4) is 0 Å². The Kier molecular flexibility index (Phi) is 8.78. The predicted molar refractivity (Wildman–Crippen MR) is 127 cm³/mol. The first-order valence-electron chi connectivity index (χ1n) is 11.4. The van der Waals surface area contributed by atoms with Crippen molar-refractivity contribution in [2.75, 3.05) is 31.6 Å². The van der Waals surface area contributed by atoms with Crippen LogP contribution in [0.5, 0.6) is 0 Å². The van der Waals surface area contributed by atoms with Gasteiger partial charge in [0.05, 0.1) is 6.61 Å². The topological polar surface area (TPSA) is 96.7 Å². The molecule has 0 aromatic heterocycles. The average Bonchev–Trinajstić information content (AvgIpc) is 2.81. The number of carbonyl (C=O) groups excluding carboxylic acids is 2. The van der Waals surface area contributed by atoms with Crippen molar-refractivity contribution < 1.29 is 14.3 Å². The van der Waals surface area contributed by atoms with Crippen molar-refractivity contribution in [2.45, 2.75) is 45.1 Å². The molecular formula is C25H34N4O3. The van der Waals surface area contributed by atoms with Crippen molar-refractivity contribution in [3.05, 3.63) is 65.2 Å². The Balaban J connectivity index is 1.34. The fourth-order valence-electron chi connectivity index (χ4n) is 3.87. The minimum Gasteiger partial charge on any atom is -0.449 e. The Hall–Kier alpha value is -3.22. The van der Waals surface area contributed by atoms with Gasteiger partial charge in [0.2, 0.25) is 0 Å². The van der Waals surface area contributed by atoms with Crippen molar-refractivity contribution >= 4 is 17.8 Å². The maximum absolute atomic E-state index is 12.5. The third-order valence-corrected chi connectivity index (χ3v) is 5.86. The quantitative estimate of drug-likeness (QED) is 0.556. The molecule has 3 rings (SSSR count). The molecule has 1 heterocycles. The summed E-state index contributed by atoms with van der Waals surface area (Å²) in [4.78, 5) is 25.0. The molecule has 0 atom stereocenters. The highest BCUT2D eigenvalue weighted by Gasteiger charge is 2.22. The fourth-order valence-corrected chi connectivity index (χ4v) is 3.87. The largest absolute Gasteiger partial charge is 0.449 e. The van der Waals surface area contributed by atoms with Crippen LogP contribution in [-0.4, -0.2) is 49.3 Å². The van der Waals surface area contributed by atoms with Crippen LogP contribution in [-0.2, 0) is 24.0 Å². The number of rotatable bonds is 9. The molecular weight excluding hydrogens is 404 g/mol. The van der Waals surface area contributed by atoms with Gasteiger partial charge in [-0.05, 0) is 54.5 Å². The van der Waals surface area contributed by atoms with Gasteiger partial charge in [-0.25, -0.2) is 9.59 Å². The number of hydrogen-bond acceptors (Lipinski definition) is 4. The zero-order valence-corrected chi connectivity index (χ0v) is 18.8. The summed E-state index contributed by atoms with van der Waals surface area (Å²) in [6.07, 6.45) is 3.62. The lowest BCUT2D eigenvalue weighted by molar-refractivity contribution is 0.158. The molecule has 7 nitrogen and oxygen atoms in total. The number of carbonyl (C=O) groups is 2. The highest BCUT2D eigenvalue weighted by molar-refractivity contribution is 5.74. The van der Waals surface area contributed by atoms with E-state index in [0.29, 0.717) is 19.0 Å². The number of nitrogens with zero attached hydrogens (tertiary/aromatic N) is 1. The summed E-state index contributed by atoms with van der Waals surface area (Å²) in [5.41, 5.74) is 9.70. The summed E-state index contributed by atoms with van der Waals surface area (Å²) in [5.74, 6) is 0. The van der Waals surface area contributed by atoms with Gasteiger partial charge >= 0.3 is 12.1 Å². The lowest BCUT2D eigenvalue weighted by Gasteiger charge is -2.33. The van der Waals surface area contributed by atoms with Crippen LogP contribution in [0.2, 0.25) is 0 Å². The molecule has 0 radical (unpaired) electrons. The zero-order valence-electron chi connectivity index (χ0n) is 18.8. The Morgan fingerprint density at radius 3 is 2.19 bits per heavy atom. The van der Waals surface area contributed by atoms with Crippen molar-refractivity contribution in [1.82, 2.24) is 10.2 Å². The van der Waals surface area contributed by atoms with Crippen LogP contribution in [0.1, 0.15) is 36.5 Å². The number of likely N-dealkylation sites (tertiary alicyclic amines) is 1. The van der Waals surface area contributed by atoms with Gasteiger partial charge < -0.3 is 26.0 Å². The summed E-state index contributed by atoms with van der Waals surface area (Å²) >= 11 is 0. The van der Waals surface area contributed by atoms with E-state index in [2.05, 4.69) is 41.8 Å². The number of aryl methyl sites for hydroxylation is 1. The molecule has 1 fully saturated rings. The molecule has 0 bridgehead atoms. The van der Waals surface area contributed by atoms with E-state index >= 15 is 0 Å². The van der Waals surface area contributed by atoms with Gasteiger partial charge in [0, 0.05) is 37.8 Å². The summed E-state index contributed by atoms with van der Waals surface area (Å²) in [6, 6.07) is 17.1. The highest BCUT2D eigenvalue weighted by atomic mass is 16.5. The SMILES string of the molecule is CCc1ccc(CCNC(=O)N2CCC(Nc3ccc(CCOC(N)=O)cc3)CC2)cc1. The molecule has 0 saturated carbocycles. The van der Waals surface area contributed by atoms with Crippen molar-refractivity contribution in [1.29, 1.82) is 0 Å². The number of urea groups is 1. The monoisotopic (exact) mass is 438 g/mol. The number of anilines is 1. The van der Waals surface area contributed by atoms with Gasteiger partial charge in [0.1, 0.15) is 0 Å². The third kappa shape index (κ3) is 7.48. The first kappa shape index (κ1) is 23.4. The second kappa shape index (κ2) is 12.0. The number of benzene rings is 2. The second-order valence-electron chi connectivity index (χ2n) is 8.17. The van der Waals surface area contributed by atoms with E-state index < -0.39 is 6.09 Å². The molecule has 3 amide bonds. The van der Waals surface area contributed by atoms with Crippen LogP contribution in [0.4, 0.5) is 15.3 Å². The summed E-state index contributed by atoms with van der Waals surface area (Å²) < 4.78 is 4.77. The maximum Gasteiger partial charge on any atom is 0.404 e. The lowest BCUT2D eigenvalue weighted by atomic mass is 10.0. The molecule has 0 spiro atoms. The van der Waals surface area contributed by atoms with E-state index in [0.717, 1.165) is 50.0 Å². The van der Waals surface area contributed by atoms with Gasteiger partial charge in [-0.2, -0.15) is 0 Å². The van der Waals surface area contributed by atoms with Crippen LogP contribution >= 0.6 is 0 Å². The minimum absolute atomic E-state index is 0.0242. The Bertz CT molecular complexity index is 860. The second-order valence-corrected chi connectivity index (χ2v) is 8.17. The number of piperidine rings is 1. The molecule has 172 valence electrons. The van der Waals surface area contributed by atoms with E-state index in [-0.39, 0.29) is 12.6 Å². The molecule has 0 unspecified atom stereocenters. The van der Waals surface area contributed by atoms with Crippen LogP contribution in [0, 0.1) is 0 Å². The van der Waals surface area contributed by atoms with E-state index in [1.165, 1.54) is 11.1 Å². The molecule has 7 heteroatoms. The number of primary amides is 1. The fraction of sp³-hybridized carbons (Fsp3) is 0.440. The smallest absolute Gasteiger partial charge is 0.404 e. The number of nitrogens with one attached hydrogen (secondary N) is 2. The van der Waals surface area contributed by atoms with Crippen LogP contribution < -0.4 is 16.4 Å². The Labute approximate surface area is 190 Å². The molecule has 4 N–H and O–H groups in total. The average molecular weight is 439 g/mol. The van der Waals surface area contributed by atoms with Gasteiger partial charge in [-0.3, -0.25) is 0 Å². The number of ether oxygens (including phenoxy) is 1. The van der Waals surface area contributed by atoms with Gasteiger partial charge in [0.25, 0.3) is 0 Å². The molecule has 2 aromatic carbocycles. The van der Waals surface area contributed by atoms with E-state index in [1.807, 2.05) is 29.2 Å². The normalized spacial score (nSPS) is 14.1. The van der Waals surface area contributed by atoms with E-state index in [4.69, 9.17) is 10.5 Å². The van der Waals surface area contributed by atoms with Crippen molar-refractivity contribution in [3.63, 3.8) is 0 Å². The summed E-state index contributed by atoms with van der Waals surface area (Å²) in [5, 5.41) is 6.60. The highest BCUT2D eigenvalue weighted by Crippen LogP contribution is 2.18. The standard InChI is InChI=1S/C25H34N4O3/c1-2-19-3-5-20(6-4-19)11-15-27-25(31)29-16-12-23(13-17-29)28-22-9-7-21(8-10-22)14-18-32-24(26)30/h3-10,23,28H,2,11-18H2,1H3,(H2,26,30)(H,27,31). The third-order valence-electron chi connectivity index (χ3n) is 5.86. The van der Waals surface area contributed by atoms with Gasteiger partial charge in [-0.1, -0.05) is 43.3 Å². The van der Waals surface area contributed by atoms with Gasteiger partial charge in [-0.15, -0.1) is 0 Å². The first-order chi connectivity index (χ1) is 15.5. The first-order valence-corrected chi connectivity index (χ1v) is 11.4. The lowest BCUT2D eigenvalue weighted by Crippen LogP contribution is -2.47. The predicted octanol–water partition coefficient (Wildman–Crippen LogP) is 3.72. The van der Waals surface area contributed by atoms with Crippen molar-refractivity contribution in [3.8, 4) is 0 Å². The van der Waals surface area contributed by atoms with E-state index in [1.54, 1.807) is 0 Å². The molecule has 32 heavy (non-hydrogen) atoms. The Morgan fingerprint density at radius 1 is 0.969 bits per heavy atom. The molecule has 1 aliphatic rings. The molecule has 1 saturated heterocycles. The summed E-state index contributed by atoms with van der Waals surface area (Å²) in [6.45, 7) is 4.58. The zero-order chi connectivity index (χ0) is 22.8. The van der Waals surface area contributed by atoms with Crippen LogP contribution in [0.25, 0.3) is 0 Å². The minimum atomic E-state index is -0.745. The van der Waals surface area contributed by atoms with E-state index in [9.17, 15) is 9.59 Å². The number of amides is 3. The van der Waals surface area contributed by atoms with Gasteiger partial charge in [0.15, 0.2) is 0 Å². The molecule has 1 aliphatic heterocycles.